The Kier molecular flexibility index (Phi) is 3.97. The molecule has 5 nitrogen and oxygen atoms in total. The normalized spacial score (nSPS) is 20.3. The lowest BCUT2D eigenvalue weighted by molar-refractivity contribution is -0.131. The van der Waals surface area contributed by atoms with Crippen LogP contribution in [0.15, 0.2) is 54.9 Å². The van der Waals surface area contributed by atoms with Crippen LogP contribution in [0.1, 0.15) is 23.7 Å². The number of pyridine rings is 1. The molecule has 1 aromatic carbocycles. The first kappa shape index (κ1) is 15.8. The lowest BCUT2D eigenvalue weighted by atomic mass is 10.0. The highest BCUT2D eigenvalue weighted by molar-refractivity contribution is 5.79. The number of aromatic nitrogens is 2. The first-order valence-corrected chi connectivity index (χ1v) is 8.26. The van der Waals surface area contributed by atoms with Crippen molar-refractivity contribution in [3.63, 3.8) is 0 Å². The highest BCUT2D eigenvalue weighted by Gasteiger charge is 2.35. The Hall–Kier alpha value is -2.73. The van der Waals surface area contributed by atoms with E-state index in [0.29, 0.717) is 12.1 Å². The maximum atomic E-state index is 13.2. The summed E-state index contributed by atoms with van der Waals surface area (Å²) in [5.74, 6) is -0.404. The minimum Gasteiger partial charge on any atom is -0.391 e. The van der Waals surface area contributed by atoms with E-state index in [0.717, 1.165) is 11.2 Å². The molecule has 6 heteroatoms. The zero-order valence-electron chi connectivity index (χ0n) is 13.5. The first-order valence-electron chi connectivity index (χ1n) is 8.26. The summed E-state index contributed by atoms with van der Waals surface area (Å²) in [5, 5.41) is 10.0. The van der Waals surface area contributed by atoms with Gasteiger partial charge in [0.25, 0.3) is 0 Å². The van der Waals surface area contributed by atoms with Crippen molar-refractivity contribution in [1.29, 1.82) is 0 Å². The van der Waals surface area contributed by atoms with Crippen LogP contribution in [0.3, 0.4) is 0 Å². The van der Waals surface area contributed by atoms with E-state index in [1.807, 2.05) is 35.0 Å². The quantitative estimate of drug-likeness (QED) is 0.797. The van der Waals surface area contributed by atoms with Crippen LogP contribution in [0.25, 0.3) is 5.65 Å². The molecule has 0 bridgehead atoms. The molecule has 1 aliphatic rings. The van der Waals surface area contributed by atoms with E-state index in [1.54, 1.807) is 17.0 Å². The molecule has 3 aromatic rings. The molecule has 0 radical (unpaired) electrons. The number of aliphatic hydroxyl groups is 1. The van der Waals surface area contributed by atoms with Crippen molar-refractivity contribution in [1.82, 2.24) is 14.3 Å². The predicted molar refractivity (Wildman–Crippen MR) is 90.4 cm³/mol. The van der Waals surface area contributed by atoms with Crippen LogP contribution < -0.4 is 0 Å². The largest absolute Gasteiger partial charge is 0.391 e. The minimum atomic E-state index is -0.569. The van der Waals surface area contributed by atoms with E-state index < -0.39 is 6.10 Å². The Balaban J connectivity index is 1.55. The van der Waals surface area contributed by atoms with E-state index in [2.05, 4.69) is 4.98 Å². The van der Waals surface area contributed by atoms with E-state index in [-0.39, 0.29) is 30.7 Å². The van der Waals surface area contributed by atoms with Gasteiger partial charge in [-0.25, -0.2) is 9.37 Å². The Morgan fingerprint density at radius 3 is 2.80 bits per heavy atom. The van der Waals surface area contributed by atoms with Crippen LogP contribution in [0.5, 0.6) is 0 Å². The summed E-state index contributed by atoms with van der Waals surface area (Å²) in [4.78, 5) is 18.9. The number of amides is 1. The van der Waals surface area contributed by atoms with Crippen LogP contribution in [0.4, 0.5) is 4.39 Å². The van der Waals surface area contributed by atoms with Gasteiger partial charge in [-0.1, -0.05) is 18.2 Å². The molecule has 3 heterocycles. The molecule has 1 N–H and O–H groups in total. The number of hydrogen-bond donors (Lipinski definition) is 1. The Morgan fingerprint density at radius 1 is 1.24 bits per heavy atom. The number of halogens is 1. The van der Waals surface area contributed by atoms with Gasteiger partial charge in [0.1, 0.15) is 11.5 Å². The average Bonchev–Trinajstić information content (AvgIpc) is 3.18. The first-order chi connectivity index (χ1) is 12.1. The molecular weight excluding hydrogens is 321 g/mol. The number of benzene rings is 1. The molecule has 1 fully saturated rings. The van der Waals surface area contributed by atoms with Crippen molar-refractivity contribution in [3.05, 3.63) is 71.9 Å². The van der Waals surface area contributed by atoms with Gasteiger partial charge in [0, 0.05) is 18.9 Å². The van der Waals surface area contributed by atoms with Crippen LogP contribution in [-0.4, -0.2) is 37.9 Å². The summed E-state index contributed by atoms with van der Waals surface area (Å²) < 4.78 is 15.0. The summed E-state index contributed by atoms with van der Waals surface area (Å²) in [5.41, 5.74) is 2.32. The SMILES string of the molecule is O=C(Cc1cn2ccccc2n1)N1C[C@H](O)C[C@H]1c1ccc(F)cc1. The van der Waals surface area contributed by atoms with E-state index in [4.69, 9.17) is 0 Å². The summed E-state index contributed by atoms with van der Waals surface area (Å²) in [6.45, 7) is 0.286. The molecule has 0 spiro atoms. The van der Waals surface area contributed by atoms with Crippen molar-refractivity contribution in [2.24, 2.45) is 0 Å². The number of aliphatic hydroxyl groups excluding tert-OH is 1. The van der Waals surface area contributed by atoms with E-state index in [1.165, 1.54) is 12.1 Å². The molecular formula is C19H18FN3O2. The third-order valence-corrected chi connectivity index (χ3v) is 4.60. The average molecular weight is 339 g/mol. The third-order valence-electron chi connectivity index (χ3n) is 4.60. The van der Waals surface area contributed by atoms with Gasteiger partial charge in [-0.2, -0.15) is 0 Å². The fourth-order valence-electron chi connectivity index (χ4n) is 3.42. The standard InChI is InChI=1S/C19H18FN3O2/c20-14-6-4-13(5-7-14)17-10-16(24)12-23(17)19(25)9-15-11-22-8-2-1-3-18(22)21-15/h1-8,11,16-17,24H,9-10,12H2/t16-,17+/m1/s1. The second-order valence-corrected chi connectivity index (χ2v) is 6.38. The molecule has 4 rings (SSSR count). The topological polar surface area (TPSA) is 57.8 Å². The molecule has 25 heavy (non-hydrogen) atoms. The monoisotopic (exact) mass is 339 g/mol. The lowest BCUT2D eigenvalue weighted by Crippen LogP contribution is -2.33. The predicted octanol–water partition coefficient (Wildman–Crippen LogP) is 2.35. The Bertz CT molecular complexity index is 873. The molecule has 1 saturated heterocycles. The van der Waals surface area contributed by atoms with Gasteiger partial charge in [0.15, 0.2) is 0 Å². The highest BCUT2D eigenvalue weighted by Crippen LogP contribution is 2.32. The number of hydrogen-bond acceptors (Lipinski definition) is 3. The maximum Gasteiger partial charge on any atom is 0.229 e. The van der Waals surface area contributed by atoms with Gasteiger partial charge < -0.3 is 14.4 Å². The van der Waals surface area contributed by atoms with Gasteiger partial charge >= 0.3 is 0 Å². The number of β-amino-alcohol motifs (C(OH)–C–C–N with tert-alkyl or cyclic N) is 1. The van der Waals surface area contributed by atoms with Gasteiger partial charge in [-0.3, -0.25) is 4.79 Å². The molecule has 0 saturated carbocycles. The van der Waals surface area contributed by atoms with Crippen LogP contribution in [0.2, 0.25) is 0 Å². The summed E-state index contributed by atoms with van der Waals surface area (Å²) in [6.07, 6.45) is 3.79. The Labute approximate surface area is 144 Å². The summed E-state index contributed by atoms with van der Waals surface area (Å²) in [7, 11) is 0. The molecule has 0 aliphatic carbocycles. The number of fused-ring (bicyclic) bond motifs is 1. The van der Waals surface area contributed by atoms with Gasteiger partial charge in [0.2, 0.25) is 5.91 Å². The second kappa shape index (κ2) is 6.29. The van der Waals surface area contributed by atoms with Gasteiger partial charge in [0.05, 0.1) is 24.3 Å². The molecule has 1 aliphatic heterocycles. The molecule has 0 unspecified atom stereocenters. The number of carbonyl (C=O) groups excluding carboxylic acids is 1. The number of likely N-dealkylation sites (tertiary alicyclic amines) is 1. The van der Waals surface area contributed by atoms with E-state index in [9.17, 15) is 14.3 Å². The Morgan fingerprint density at radius 2 is 2.04 bits per heavy atom. The number of imidazole rings is 1. The zero-order chi connectivity index (χ0) is 17.4. The number of carbonyl (C=O) groups is 1. The molecule has 2 atom stereocenters. The van der Waals surface area contributed by atoms with Crippen LogP contribution in [0, 0.1) is 5.82 Å². The summed E-state index contributed by atoms with van der Waals surface area (Å²) in [6, 6.07) is 11.5. The van der Waals surface area contributed by atoms with E-state index >= 15 is 0 Å². The zero-order valence-corrected chi connectivity index (χ0v) is 13.5. The maximum absolute atomic E-state index is 13.2. The van der Waals surface area contributed by atoms with Crippen molar-refractivity contribution in [2.75, 3.05) is 6.54 Å². The highest BCUT2D eigenvalue weighted by atomic mass is 19.1. The fourth-order valence-corrected chi connectivity index (χ4v) is 3.42. The van der Waals surface area contributed by atoms with Gasteiger partial charge in [-0.05, 0) is 36.2 Å². The lowest BCUT2D eigenvalue weighted by Gasteiger charge is -2.24. The molecule has 2 aromatic heterocycles. The molecule has 128 valence electrons. The number of nitrogens with zero attached hydrogens (tertiary/aromatic N) is 3. The number of rotatable bonds is 3. The van der Waals surface area contributed by atoms with Crippen molar-refractivity contribution < 1.29 is 14.3 Å². The van der Waals surface area contributed by atoms with Crippen molar-refractivity contribution in [3.8, 4) is 0 Å². The van der Waals surface area contributed by atoms with Gasteiger partial charge in [-0.15, -0.1) is 0 Å². The van der Waals surface area contributed by atoms with Crippen molar-refractivity contribution >= 4 is 11.6 Å². The summed E-state index contributed by atoms with van der Waals surface area (Å²) >= 11 is 0. The second-order valence-electron chi connectivity index (χ2n) is 6.38. The molecule has 1 amide bonds. The fraction of sp³-hybridized carbons (Fsp3) is 0.263. The van der Waals surface area contributed by atoms with Crippen molar-refractivity contribution in [2.45, 2.75) is 25.0 Å². The minimum absolute atomic E-state index is 0.0886. The van der Waals surface area contributed by atoms with Crippen LogP contribution >= 0.6 is 0 Å². The smallest absolute Gasteiger partial charge is 0.229 e. The third kappa shape index (κ3) is 3.13. The van der Waals surface area contributed by atoms with Crippen LogP contribution in [-0.2, 0) is 11.2 Å².